The molecule has 1 aromatic heterocycles. The van der Waals surface area contributed by atoms with Crippen LogP contribution < -0.4 is 5.32 Å². The van der Waals surface area contributed by atoms with Crippen molar-refractivity contribution in [1.82, 2.24) is 4.98 Å². The summed E-state index contributed by atoms with van der Waals surface area (Å²) in [6.45, 7) is 0. The van der Waals surface area contributed by atoms with Gasteiger partial charge in [-0.1, -0.05) is 12.1 Å². The van der Waals surface area contributed by atoms with E-state index in [1.807, 2.05) is 0 Å². The fourth-order valence-electron chi connectivity index (χ4n) is 1.62. The number of methoxy groups -OCH3 is 1. The van der Waals surface area contributed by atoms with E-state index in [1.165, 1.54) is 13.2 Å². The number of anilines is 1. The van der Waals surface area contributed by atoms with Gasteiger partial charge in [-0.25, -0.2) is 4.79 Å². The Kier molecular flexibility index (Phi) is 4.82. The molecule has 2 aromatic rings. The number of benzene rings is 1. The maximum absolute atomic E-state index is 12.0. The lowest BCUT2D eigenvalue weighted by Crippen LogP contribution is -2.11. The maximum atomic E-state index is 12.0. The van der Waals surface area contributed by atoms with E-state index in [0.29, 0.717) is 11.3 Å². The lowest BCUT2D eigenvalue weighted by Gasteiger charge is -2.04. The van der Waals surface area contributed by atoms with Gasteiger partial charge in [-0.15, -0.1) is 0 Å². The van der Waals surface area contributed by atoms with Crippen molar-refractivity contribution in [3.8, 4) is 0 Å². The predicted octanol–water partition coefficient (Wildman–Crippen LogP) is 2.52. The molecule has 0 atom stereocenters. The van der Waals surface area contributed by atoms with Gasteiger partial charge >= 0.3 is 5.97 Å². The van der Waals surface area contributed by atoms with Crippen LogP contribution in [0.1, 0.15) is 15.9 Å². The zero-order valence-corrected chi connectivity index (χ0v) is 11.4. The van der Waals surface area contributed by atoms with Crippen molar-refractivity contribution in [1.29, 1.82) is 0 Å². The van der Waals surface area contributed by atoms with E-state index in [9.17, 15) is 9.59 Å². The minimum Gasteiger partial charge on any atom is -0.466 e. The standard InChI is InChI=1S/C16H14N2O3/c1-21-15(19)7-4-12-2-5-13(6-3-12)16(20)18-14-8-10-17-11-9-14/h2-11H,1H3,(H,17,18,20)/b7-4+. The Labute approximate surface area is 122 Å². The van der Waals surface area contributed by atoms with Crippen molar-refractivity contribution in [2.45, 2.75) is 0 Å². The van der Waals surface area contributed by atoms with Gasteiger partial charge in [0.15, 0.2) is 0 Å². The van der Waals surface area contributed by atoms with Crippen LogP contribution in [0.15, 0.2) is 54.9 Å². The van der Waals surface area contributed by atoms with Crippen LogP contribution in [0.2, 0.25) is 0 Å². The van der Waals surface area contributed by atoms with Gasteiger partial charge in [-0.2, -0.15) is 0 Å². The van der Waals surface area contributed by atoms with Crippen molar-refractivity contribution >= 4 is 23.6 Å². The number of ether oxygens (including phenoxy) is 1. The summed E-state index contributed by atoms with van der Waals surface area (Å²) >= 11 is 0. The average molecular weight is 282 g/mol. The predicted molar refractivity (Wildman–Crippen MR) is 79.7 cm³/mol. The number of amides is 1. The highest BCUT2D eigenvalue weighted by molar-refractivity contribution is 6.04. The normalized spacial score (nSPS) is 10.3. The van der Waals surface area contributed by atoms with Crippen LogP contribution in [0.25, 0.3) is 6.08 Å². The van der Waals surface area contributed by atoms with Gasteiger partial charge in [0.25, 0.3) is 5.91 Å². The van der Waals surface area contributed by atoms with Gasteiger partial charge in [0.05, 0.1) is 7.11 Å². The van der Waals surface area contributed by atoms with Crippen LogP contribution in [0.3, 0.4) is 0 Å². The minimum atomic E-state index is -0.422. The third kappa shape index (κ3) is 4.28. The second-order valence-corrected chi connectivity index (χ2v) is 4.17. The first-order valence-electron chi connectivity index (χ1n) is 6.26. The highest BCUT2D eigenvalue weighted by atomic mass is 16.5. The van der Waals surface area contributed by atoms with E-state index < -0.39 is 5.97 Å². The molecular formula is C16H14N2O3. The van der Waals surface area contributed by atoms with Crippen LogP contribution in [0.5, 0.6) is 0 Å². The molecule has 1 aromatic carbocycles. The highest BCUT2D eigenvalue weighted by Crippen LogP contribution is 2.10. The maximum Gasteiger partial charge on any atom is 0.330 e. The molecule has 1 heterocycles. The van der Waals surface area contributed by atoms with Crippen molar-refractivity contribution in [2.75, 3.05) is 12.4 Å². The lowest BCUT2D eigenvalue weighted by molar-refractivity contribution is -0.134. The second kappa shape index (κ2) is 7.00. The third-order valence-electron chi connectivity index (χ3n) is 2.72. The quantitative estimate of drug-likeness (QED) is 0.691. The number of hydrogen-bond donors (Lipinski definition) is 1. The number of esters is 1. The van der Waals surface area contributed by atoms with Crippen LogP contribution >= 0.6 is 0 Å². The summed E-state index contributed by atoms with van der Waals surface area (Å²) in [5.41, 5.74) is 2.02. The van der Waals surface area contributed by atoms with Gasteiger partial charge < -0.3 is 10.1 Å². The van der Waals surface area contributed by atoms with Gasteiger partial charge in [-0.3, -0.25) is 9.78 Å². The molecule has 5 heteroatoms. The average Bonchev–Trinajstić information content (AvgIpc) is 2.54. The first kappa shape index (κ1) is 14.5. The molecule has 0 bridgehead atoms. The SMILES string of the molecule is COC(=O)/C=C/c1ccc(C(=O)Nc2ccncc2)cc1. The fourth-order valence-corrected chi connectivity index (χ4v) is 1.62. The lowest BCUT2D eigenvalue weighted by atomic mass is 10.1. The monoisotopic (exact) mass is 282 g/mol. The Hall–Kier alpha value is -2.95. The molecule has 106 valence electrons. The van der Waals surface area contributed by atoms with Crippen LogP contribution in [-0.4, -0.2) is 24.0 Å². The summed E-state index contributed by atoms with van der Waals surface area (Å²) in [4.78, 5) is 26.9. The van der Waals surface area contributed by atoms with E-state index >= 15 is 0 Å². The van der Waals surface area contributed by atoms with E-state index in [1.54, 1.807) is 54.9 Å². The molecule has 0 aliphatic rings. The van der Waals surface area contributed by atoms with E-state index in [2.05, 4.69) is 15.0 Å². The molecule has 0 saturated carbocycles. The Morgan fingerprint density at radius 2 is 1.76 bits per heavy atom. The summed E-state index contributed by atoms with van der Waals surface area (Å²) < 4.78 is 4.51. The number of nitrogens with zero attached hydrogens (tertiary/aromatic N) is 1. The fraction of sp³-hybridized carbons (Fsp3) is 0.0625. The molecular weight excluding hydrogens is 268 g/mol. The van der Waals surface area contributed by atoms with Crippen molar-refractivity contribution < 1.29 is 14.3 Å². The zero-order chi connectivity index (χ0) is 15.1. The van der Waals surface area contributed by atoms with Crippen molar-refractivity contribution in [3.63, 3.8) is 0 Å². The van der Waals surface area contributed by atoms with E-state index in [0.717, 1.165) is 5.56 Å². The van der Waals surface area contributed by atoms with Crippen molar-refractivity contribution in [2.24, 2.45) is 0 Å². The summed E-state index contributed by atoms with van der Waals surface area (Å²) in [6, 6.07) is 10.3. The Balaban J connectivity index is 2.03. The molecule has 0 radical (unpaired) electrons. The summed E-state index contributed by atoms with van der Waals surface area (Å²) in [5.74, 6) is -0.626. The molecule has 5 nitrogen and oxygen atoms in total. The number of carbonyl (C=O) groups is 2. The molecule has 1 amide bonds. The first-order chi connectivity index (χ1) is 10.2. The zero-order valence-electron chi connectivity index (χ0n) is 11.4. The molecule has 21 heavy (non-hydrogen) atoms. The van der Waals surface area contributed by atoms with Gasteiger partial charge in [0.2, 0.25) is 0 Å². The third-order valence-corrected chi connectivity index (χ3v) is 2.72. The largest absolute Gasteiger partial charge is 0.466 e. The van der Waals surface area contributed by atoms with Gasteiger partial charge in [0.1, 0.15) is 0 Å². The number of nitrogens with one attached hydrogen (secondary N) is 1. The molecule has 0 spiro atoms. The van der Waals surface area contributed by atoms with Crippen LogP contribution in [0, 0.1) is 0 Å². The molecule has 0 aliphatic heterocycles. The molecule has 1 N–H and O–H groups in total. The van der Waals surface area contributed by atoms with Gasteiger partial charge in [0, 0.05) is 29.7 Å². The number of carbonyl (C=O) groups excluding carboxylic acids is 2. The highest BCUT2D eigenvalue weighted by Gasteiger charge is 2.05. The number of hydrogen-bond acceptors (Lipinski definition) is 4. The van der Waals surface area contributed by atoms with E-state index in [4.69, 9.17) is 0 Å². The van der Waals surface area contributed by atoms with Gasteiger partial charge in [-0.05, 0) is 35.9 Å². The Morgan fingerprint density at radius 3 is 2.38 bits per heavy atom. The summed E-state index contributed by atoms with van der Waals surface area (Å²) in [7, 11) is 1.32. The number of rotatable bonds is 4. The number of pyridine rings is 1. The summed E-state index contributed by atoms with van der Waals surface area (Å²) in [5, 5.41) is 2.77. The molecule has 0 saturated heterocycles. The molecule has 2 rings (SSSR count). The molecule has 0 aliphatic carbocycles. The topological polar surface area (TPSA) is 68.3 Å². The minimum absolute atomic E-state index is 0.204. The smallest absolute Gasteiger partial charge is 0.330 e. The first-order valence-corrected chi connectivity index (χ1v) is 6.26. The van der Waals surface area contributed by atoms with E-state index in [-0.39, 0.29) is 5.91 Å². The summed E-state index contributed by atoms with van der Waals surface area (Å²) in [6.07, 6.45) is 6.16. The van der Waals surface area contributed by atoms with Crippen molar-refractivity contribution in [3.05, 3.63) is 66.0 Å². The molecule has 0 fully saturated rings. The van der Waals surface area contributed by atoms with Crippen LogP contribution in [0.4, 0.5) is 5.69 Å². The Morgan fingerprint density at radius 1 is 1.10 bits per heavy atom. The van der Waals surface area contributed by atoms with Crippen LogP contribution in [-0.2, 0) is 9.53 Å². The number of aromatic nitrogens is 1. The Bertz CT molecular complexity index is 649. The molecule has 0 unspecified atom stereocenters. The second-order valence-electron chi connectivity index (χ2n) is 4.17.